The number of halogens is 1. The molecule has 1 aliphatic heterocycles. The van der Waals surface area contributed by atoms with Crippen LogP contribution in [0.25, 0.3) is 0 Å². The molecule has 1 aromatic carbocycles. The maximum atomic E-state index is 11.4. The summed E-state index contributed by atoms with van der Waals surface area (Å²) in [5.41, 5.74) is 0.237. The number of hydrogen-bond donors (Lipinski definition) is 2. The number of rotatable bonds is 2. The van der Waals surface area contributed by atoms with Crippen LogP contribution < -0.4 is 10.2 Å². The highest BCUT2D eigenvalue weighted by atomic mass is 79.9. The maximum Gasteiger partial charge on any atom is 0.336 e. The van der Waals surface area contributed by atoms with Crippen LogP contribution in [0.4, 0.5) is 10.5 Å². The summed E-state index contributed by atoms with van der Waals surface area (Å²) in [6.45, 7) is -0.0721. The predicted molar refractivity (Wildman–Crippen MR) is 62.0 cm³/mol. The lowest BCUT2D eigenvalue weighted by atomic mass is 10.2. The van der Waals surface area contributed by atoms with Gasteiger partial charge in [-0.2, -0.15) is 0 Å². The van der Waals surface area contributed by atoms with E-state index in [9.17, 15) is 14.4 Å². The number of amides is 3. The van der Waals surface area contributed by atoms with E-state index in [1.54, 1.807) is 0 Å². The Kier molecular flexibility index (Phi) is 2.84. The van der Waals surface area contributed by atoms with Crippen LogP contribution in [0.2, 0.25) is 0 Å². The van der Waals surface area contributed by atoms with Crippen molar-refractivity contribution in [3.05, 3.63) is 28.2 Å². The molecule has 0 radical (unpaired) electrons. The van der Waals surface area contributed by atoms with E-state index in [1.807, 2.05) is 0 Å². The standard InChI is InChI=1S/C10H7BrN2O4/c11-7-2-1-5(3-6(7)9(15)16)13-8(14)4-12-10(13)17/h1-3H,4H2,(H,12,17)(H,15,16). The highest BCUT2D eigenvalue weighted by Crippen LogP contribution is 2.25. The van der Waals surface area contributed by atoms with Crippen LogP contribution >= 0.6 is 15.9 Å². The quantitative estimate of drug-likeness (QED) is 0.803. The predicted octanol–water partition coefficient (Wildman–Crippen LogP) is 1.20. The Balaban J connectivity index is 2.46. The molecule has 88 valence electrons. The molecule has 1 fully saturated rings. The largest absolute Gasteiger partial charge is 0.478 e. The van der Waals surface area contributed by atoms with E-state index in [-0.39, 0.29) is 17.8 Å². The van der Waals surface area contributed by atoms with Crippen molar-refractivity contribution in [2.45, 2.75) is 0 Å². The molecule has 1 saturated heterocycles. The summed E-state index contributed by atoms with van der Waals surface area (Å²) < 4.78 is 0.390. The number of anilines is 1. The number of carbonyl (C=O) groups is 3. The molecule has 1 heterocycles. The van der Waals surface area contributed by atoms with Crippen molar-refractivity contribution in [3.8, 4) is 0 Å². The van der Waals surface area contributed by atoms with Crippen molar-refractivity contribution in [1.82, 2.24) is 5.32 Å². The fourth-order valence-electron chi connectivity index (χ4n) is 1.50. The van der Waals surface area contributed by atoms with E-state index in [2.05, 4.69) is 21.2 Å². The Morgan fingerprint density at radius 3 is 2.65 bits per heavy atom. The van der Waals surface area contributed by atoms with Gasteiger partial charge in [0.25, 0.3) is 5.91 Å². The molecule has 2 N–H and O–H groups in total. The normalized spacial score (nSPS) is 15.0. The number of carbonyl (C=O) groups excluding carboxylic acids is 2. The van der Waals surface area contributed by atoms with Crippen LogP contribution in [0.1, 0.15) is 10.4 Å². The second-order valence-corrected chi connectivity index (χ2v) is 4.21. The number of aromatic carboxylic acids is 1. The van der Waals surface area contributed by atoms with Crippen molar-refractivity contribution in [3.63, 3.8) is 0 Å². The zero-order chi connectivity index (χ0) is 12.6. The lowest BCUT2D eigenvalue weighted by molar-refractivity contribution is -0.115. The lowest BCUT2D eigenvalue weighted by Crippen LogP contribution is -2.30. The topological polar surface area (TPSA) is 86.7 Å². The average molecular weight is 299 g/mol. The third-order valence-corrected chi connectivity index (χ3v) is 2.97. The summed E-state index contributed by atoms with van der Waals surface area (Å²) >= 11 is 3.09. The Bertz CT molecular complexity index is 513. The number of nitrogens with zero attached hydrogens (tertiary/aromatic N) is 1. The minimum absolute atomic E-state index is 0.00463. The Hall–Kier alpha value is -1.89. The summed E-state index contributed by atoms with van der Waals surface area (Å²) in [7, 11) is 0. The second kappa shape index (κ2) is 4.17. The van der Waals surface area contributed by atoms with Crippen LogP contribution in [0.3, 0.4) is 0 Å². The number of nitrogens with one attached hydrogen (secondary N) is 1. The van der Waals surface area contributed by atoms with Gasteiger partial charge in [-0.3, -0.25) is 4.79 Å². The van der Waals surface area contributed by atoms with E-state index < -0.39 is 17.9 Å². The third-order valence-electron chi connectivity index (χ3n) is 2.28. The van der Waals surface area contributed by atoms with Gasteiger partial charge in [0.2, 0.25) is 0 Å². The van der Waals surface area contributed by atoms with Crippen LogP contribution in [0, 0.1) is 0 Å². The molecule has 0 atom stereocenters. The van der Waals surface area contributed by atoms with Crippen molar-refractivity contribution in [1.29, 1.82) is 0 Å². The Labute approximate surface area is 104 Å². The monoisotopic (exact) mass is 298 g/mol. The van der Waals surface area contributed by atoms with Gasteiger partial charge in [0.05, 0.1) is 17.8 Å². The van der Waals surface area contributed by atoms with Gasteiger partial charge in [-0.25, -0.2) is 14.5 Å². The van der Waals surface area contributed by atoms with E-state index in [0.29, 0.717) is 4.47 Å². The summed E-state index contributed by atoms with van der Waals surface area (Å²) in [6.07, 6.45) is 0. The number of hydrogen-bond acceptors (Lipinski definition) is 3. The SMILES string of the molecule is O=C(O)c1cc(N2C(=O)CNC2=O)ccc1Br. The molecule has 7 heteroatoms. The van der Waals surface area contributed by atoms with Crippen LogP contribution in [0.5, 0.6) is 0 Å². The van der Waals surface area contributed by atoms with Crippen LogP contribution in [-0.2, 0) is 4.79 Å². The number of urea groups is 1. The van der Waals surface area contributed by atoms with Gasteiger partial charge in [-0.1, -0.05) is 0 Å². The van der Waals surface area contributed by atoms with E-state index in [1.165, 1.54) is 18.2 Å². The molecule has 6 nitrogen and oxygen atoms in total. The van der Waals surface area contributed by atoms with Gasteiger partial charge < -0.3 is 10.4 Å². The molecule has 17 heavy (non-hydrogen) atoms. The van der Waals surface area contributed by atoms with Gasteiger partial charge >= 0.3 is 12.0 Å². The molecule has 0 spiro atoms. The molecule has 1 aromatic rings. The molecule has 1 aliphatic rings. The van der Waals surface area contributed by atoms with Gasteiger partial charge in [-0.05, 0) is 34.1 Å². The van der Waals surface area contributed by atoms with E-state index in [0.717, 1.165) is 4.90 Å². The van der Waals surface area contributed by atoms with Gasteiger partial charge in [0, 0.05) is 4.47 Å². The van der Waals surface area contributed by atoms with Crippen molar-refractivity contribution < 1.29 is 19.5 Å². The molecule has 0 aliphatic carbocycles. The first-order chi connectivity index (χ1) is 8.00. The first-order valence-corrected chi connectivity index (χ1v) is 5.43. The van der Waals surface area contributed by atoms with Gasteiger partial charge in [-0.15, -0.1) is 0 Å². The molecule has 3 amide bonds. The summed E-state index contributed by atoms with van der Waals surface area (Å²) in [5.74, 6) is -1.54. The zero-order valence-corrected chi connectivity index (χ0v) is 10.0. The summed E-state index contributed by atoms with van der Waals surface area (Å²) in [5, 5.41) is 11.3. The van der Waals surface area contributed by atoms with Crippen molar-refractivity contribution >= 4 is 39.5 Å². The number of imide groups is 1. The van der Waals surface area contributed by atoms with Gasteiger partial charge in [0.15, 0.2) is 0 Å². The molecule has 0 unspecified atom stereocenters. The van der Waals surface area contributed by atoms with E-state index >= 15 is 0 Å². The second-order valence-electron chi connectivity index (χ2n) is 3.36. The fraction of sp³-hybridized carbons (Fsp3) is 0.100. The molecular weight excluding hydrogens is 292 g/mol. The minimum atomic E-state index is -1.13. The highest BCUT2D eigenvalue weighted by molar-refractivity contribution is 9.10. The fourth-order valence-corrected chi connectivity index (χ4v) is 1.92. The average Bonchev–Trinajstić information content (AvgIpc) is 2.59. The van der Waals surface area contributed by atoms with Crippen LogP contribution in [0.15, 0.2) is 22.7 Å². The summed E-state index contributed by atoms with van der Waals surface area (Å²) in [4.78, 5) is 34.7. The zero-order valence-electron chi connectivity index (χ0n) is 8.44. The van der Waals surface area contributed by atoms with Gasteiger partial charge in [0.1, 0.15) is 0 Å². The molecule has 0 bridgehead atoms. The van der Waals surface area contributed by atoms with Crippen molar-refractivity contribution in [2.24, 2.45) is 0 Å². The maximum absolute atomic E-state index is 11.4. The van der Waals surface area contributed by atoms with Crippen LogP contribution in [-0.4, -0.2) is 29.6 Å². The number of carboxylic acid groups (broad SMARTS) is 1. The third kappa shape index (κ3) is 2.01. The van der Waals surface area contributed by atoms with Crippen molar-refractivity contribution in [2.75, 3.05) is 11.4 Å². The Morgan fingerprint density at radius 2 is 2.12 bits per heavy atom. The Morgan fingerprint density at radius 1 is 1.41 bits per heavy atom. The first-order valence-electron chi connectivity index (χ1n) is 4.64. The highest BCUT2D eigenvalue weighted by Gasteiger charge is 2.30. The molecule has 2 rings (SSSR count). The van der Waals surface area contributed by atoms with E-state index in [4.69, 9.17) is 5.11 Å². The number of carboxylic acids is 1. The molecule has 0 aromatic heterocycles. The lowest BCUT2D eigenvalue weighted by Gasteiger charge is -2.13. The molecule has 0 saturated carbocycles. The first kappa shape index (κ1) is 11.6. The molecular formula is C10H7BrN2O4. The smallest absolute Gasteiger partial charge is 0.336 e. The minimum Gasteiger partial charge on any atom is -0.478 e. The number of benzene rings is 1. The summed E-state index contributed by atoms with van der Waals surface area (Å²) in [6, 6.07) is 3.71.